The van der Waals surface area contributed by atoms with E-state index in [4.69, 9.17) is 4.74 Å². The van der Waals surface area contributed by atoms with Crippen LogP contribution in [0, 0.1) is 0 Å². The lowest BCUT2D eigenvalue weighted by molar-refractivity contribution is -0.141. The van der Waals surface area contributed by atoms with E-state index in [0.717, 1.165) is 51.4 Å². The Labute approximate surface area is 173 Å². The first-order chi connectivity index (χ1) is 14.4. The predicted octanol–water partition coefficient (Wildman–Crippen LogP) is 3.32. The SMILES string of the molecule is COc1nc(N2CCCCCC2)nc(N2CCCC(n3ccc(C(F)(F)F)n3)C2)n1. The van der Waals surface area contributed by atoms with Crippen LogP contribution in [-0.4, -0.2) is 58.0 Å². The lowest BCUT2D eigenvalue weighted by atomic mass is 10.1. The Morgan fingerprint density at radius 3 is 2.23 bits per heavy atom. The number of alkyl halides is 3. The predicted molar refractivity (Wildman–Crippen MR) is 105 cm³/mol. The van der Waals surface area contributed by atoms with Gasteiger partial charge in [-0.15, -0.1) is 0 Å². The van der Waals surface area contributed by atoms with Gasteiger partial charge >= 0.3 is 12.2 Å². The molecule has 164 valence electrons. The van der Waals surface area contributed by atoms with Crippen LogP contribution >= 0.6 is 0 Å². The van der Waals surface area contributed by atoms with Gasteiger partial charge in [0, 0.05) is 32.4 Å². The molecule has 1 atom stereocenters. The molecule has 0 bridgehead atoms. The summed E-state index contributed by atoms with van der Waals surface area (Å²) in [6, 6.07) is 1.08. The molecule has 4 heterocycles. The second-order valence-corrected chi connectivity index (χ2v) is 7.74. The number of rotatable bonds is 4. The number of anilines is 2. The Morgan fingerprint density at radius 1 is 0.933 bits per heavy atom. The minimum Gasteiger partial charge on any atom is -0.467 e. The van der Waals surface area contributed by atoms with Crippen molar-refractivity contribution in [2.45, 2.75) is 50.7 Å². The topological polar surface area (TPSA) is 72.2 Å². The molecule has 2 fully saturated rings. The average molecular weight is 425 g/mol. The third-order valence-electron chi connectivity index (χ3n) is 5.62. The molecule has 2 aliphatic heterocycles. The van der Waals surface area contributed by atoms with E-state index in [1.807, 2.05) is 4.90 Å². The Hall–Kier alpha value is -2.59. The van der Waals surface area contributed by atoms with Gasteiger partial charge in [0.05, 0.1) is 13.2 Å². The Balaban J connectivity index is 1.55. The van der Waals surface area contributed by atoms with Gasteiger partial charge in [-0.2, -0.15) is 33.2 Å². The van der Waals surface area contributed by atoms with Gasteiger partial charge in [0.2, 0.25) is 11.9 Å². The molecule has 0 aliphatic carbocycles. The van der Waals surface area contributed by atoms with Crippen molar-refractivity contribution in [2.24, 2.45) is 0 Å². The molecule has 2 saturated heterocycles. The number of piperidine rings is 1. The number of nitrogens with zero attached hydrogens (tertiary/aromatic N) is 7. The number of methoxy groups -OCH3 is 1. The first-order valence-corrected chi connectivity index (χ1v) is 10.4. The lowest BCUT2D eigenvalue weighted by Gasteiger charge is -2.33. The fourth-order valence-corrected chi connectivity index (χ4v) is 4.03. The number of aromatic nitrogens is 5. The maximum absolute atomic E-state index is 12.9. The molecule has 2 aromatic heterocycles. The van der Waals surface area contributed by atoms with E-state index in [1.165, 1.54) is 30.8 Å². The van der Waals surface area contributed by atoms with E-state index in [1.54, 1.807) is 0 Å². The van der Waals surface area contributed by atoms with Gasteiger partial charge in [-0.3, -0.25) is 4.68 Å². The van der Waals surface area contributed by atoms with Gasteiger partial charge in [0.15, 0.2) is 5.69 Å². The Morgan fingerprint density at radius 2 is 1.60 bits per heavy atom. The van der Waals surface area contributed by atoms with Crippen molar-refractivity contribution in [3.05, 3.63) is 18.0 Å². The summed E-state index contributed by atoms with van der Waals surface area (Å²) >= 11 is 0. The summed E-state index contributed by atoms with van der Waals surface area (Å²) in [6.07, 6.45) is 3.09. The molecular weight excluding hydrogens is 399 g/mol. The first kappa shape index (κ1) is 20.7. The summed E-state index contributed by atoms with van der Waals surface area (Å²) < 4.78 is 45.4. The molecule has 8 nitrogen and oxygen atoms in total. The average Bonchev–Trinajstić information content (AvgIpc) is 3.10. The van der Waals surface area contributed by atoms with Crippen molar-refractivity contribution < 1.29 is 17.9 Å². The molecule has 30 heavy (non-hydrogen) atoms. The quantitative estimate of drug-likeness (QED) is 0.744. The van der Waals surface area contributed by atoms with Crippen molar-refractivity contribution in [1.29, 1.82) is 0 Å². The van der Waals surface area contributed by atoms with Crippen LogP contribution in [0.25, 0.3) is 0 Å². The molecule has 0 aromatic carbocycles. The van der Waals surface area contributed by atoms with E-state index in [9.17, 15) is 13.2 Å². The van der Waals surface area contributed by atoms with Gasteiger partial charge < -0.3 is 14.5 Å². The third-order valence-corrected chi connectivity index (χ3v) is 5.62. The molecule has 2 aliphatic rings. The van der Waals surface area contributed by atoms with Crippen molar-refractivity contribution in [3.8, 4) is 6.01 Å². The van der Waals surface area contributed by atoms with Crippen LogP contribution in [0.3, 0.4) is 0 Å². The zero-order chi connectivity index (χ0) is 21.1. The molecule has 11 heteroatoms. The highest BCUT2D eigenvalue weighted by Crippen LogP contribution is 2.30. The van der Waals surface area contributed by atoms with Crippen LogP contribution in [0.5, 0.6) is 6.01 Å². The highest BCUT2D eigenvalue weighted by atomic mass is 19.4. The Kier molecular flexibility index (Phi) is 5.96. The van der Waals surface area contributed by atoms with Gasteiger partial charge in [-0.25, -0.2) is 0 Å². The second kappa shape index (κ2) is 8.65. The normalized spacial score (nSPS) is 20.9. The molecular formula is C19H26F3N7O. The highest BCUT2D eigenvalue weighted by Gasteiger charge is 2.35. The summed E-state index contributed by atoms with van der Waals surface area (Å²) in [5.41, 5.74) is -0.870. The second-order valence-electron chi connectivity index (χ2n) is 7.74. The summed E-state index contributed by atoms with van der Waals surface area (Å²) in [5, 5.41) is 3.75. The van der Waals surface area contributed by atoms with Crippen molar-refractivity contribution in [2.75, 3.05) is 43.1 Å². The summed E-state index contributed by atoms with van der Waals surface area (Å²) in [4.78, 5) is 17.7. The number of halogens is 3. The summed E-state index contributed by atoms with van der Waals surface area (Å²) in [7, 11) is 1.52. The summed E-state index contributed by atoms with van der Waals surface area (Å²) in [6.45, 7) is 2.98. The number of hydrogen-bond donors (Lipinski definition) is 0. The minimum atomic E-state index is -4.44. The molecule has 0 N–H and O–H groups in total. The maximum atomic E-state index is 12.9. The van der Waals surface area contributed by atoms with E-state index in [2.05, 4.69) is 25.0 Å². The van der Waals surface area contributed by atoms with E-state index in [0.29, 0.717) is 18.4 Å². The lowest BCUT2D eigenvalue weighted by Crippen LogP contribution is -2.38. The van der Waals surface area contributed by atoms with Crippen LogP contribution in [0.1, 0.15) is 50.3 Å². The van der Waals surface area contributed by atoms with E-state index >= 15 is 0 Å². The zero-order valence-electron chi connectivity index (χ0n) is 17.0. The third kappa shape index (κ3) is 4.59. The van der Waals surface area contributed by atoms with Gasteiger partial charge in [-0.05, 0) is 31.7 Å². The van der Waals surface area contributed by atoms with Crippen LogP contribution in [0.4, 0.5) is 25.1 Å². The van der Waals surface area contributed by atoms with Crippen molar-refractivity contribution >= 4 is 11.9 Å². The minimum absolute atomic E-state index is 0.181. The number of ether oxygens (including phenoxy) is 1. The zero-order valence-corrected chi connectivity index (χ0v) is 17.0. The van der Waals surface area contributed by atoms with Gasteiger partial charge in [0.25, 0.3) is 0 Å². The van der Waals surface area contributed by atoms with Gasteiger partial charge in [0.1, 0.15) is 0 Å². The fourth-order valence-electron chi connectivity index (χ4n) is 4.03. The molecule has 0 saturated carbocycles. The van der Waals surface area contributed by atoms with Crippen LogP contribution in [0.2, 0.25) is 0 Å². The molecule has 1 unspecified atom stereocenters. The van der Waals surface area contributed by atoms with E-state index in [-0.39, 0.29) is 12.1 Å². The largest absolute Gasteiger partial charge is 0.467 e. The van der Waals surface area contributed by atoms with Gasteiger partial charge in [-0.1, -0.05) is 12.8 Å². The number of hydrogen-bond acceptors (Lipinski definition) is 7. The maximum Gasteiger partial charge on any atom is 0.435 e. The van der Waals surface area contributed by atoms with Crippen LogP contribution in [0.15, 0.2) is 12.3 Å². The molecule has 0 amide bonds. The van der Waals surface area contributed by atoms with Crippen molar-refractivity contribution in [3.63, 3.8) is 0 Å². The molecule has 4 rings (SSSR count). The standard InChI is InChI=1S/C19H26F3N7O/c1-30-18-24-16(27-9-4-2-3-5-10-27)23-17(25-18)28-11-6-7-14(13-28)29-12-8-15(26-29)19(20,21)22/h8,12,14H,2-7,9-11,13H2,1H3. The van der Waals surface area contributed by atoms with Crippen LogP contribution in [-0.2, 0) is 6.18 Å². The smallest absolute Gasteiger partial charge is 0.435 e. The molecule has 0 radical (unpaired) electrons. The fraction of sp³-hybridized carbons (Fsp3) is 0.684. The summed E-state index contributed by atoms with van der Waals surface area (Å²) in [5.74, 6) is 1.09. The Bertz CT molecular complexity index is 849. The molecule has 0 spiro atoms. The van der Waals surface area contributed by atoms with Crippen LogP contribution < -0.4 is 14.5 Å². The van der Waals surface area contributed by atoms with E-state index < -0.39 is 11.9 Å². The first-order valence-electron chi connectivity index (χ1n) is 10.4. The van der Waals surface area contributed by atoms with Crippen molar-refractivity contribution in [1.82, 2.24) is 24.7 Å². The monoisotopic (exact) mass is 425 g/mol. The highest BCUT2D eigenvalue weighted by molar-refractivity contribution is 5.41. The molecule has 2 aromatic rings.